The first-order valence-electron chi connectivity index (χ1n) is 11.1. The second kappa shape index (κ2) is 8.25. The van der Waals surface area contributed by atoms with Crippen molar-refractivity contribution in [2.24, 2.45) is 4.99 Å². The number of amides is 1. The number of ether oxygens (including phenoxy) is 1. The van der Waals surface area contributed by atoms with Crippen molar-refractivity contribution >= 4 is 23.6 Å². The van der Waals surface area contributed by atoms with Gasteiger partial charge in [-0.15, -0.1) is 0 Å². The Morgan fingerprint density at radius 2 is 2.00 bits per heavy atom. The van der Waals surface area contributed by atoms with Crippen molar-refractivity contribution in [2.75, 3.05) is 23.0 Å². The van der Waals surface area contributed by atoms with Gasteiger partial charge in [0.15, 0.2) is 6.04 Å². The zero-order valence-corrected chi connectivity index (χ0v) is 18.3. The molecule has 0 radical (unpaired) electrons. The van der Waals surface area contributed by atoms with Crippen LogP contribution in [-0.2, 0) is 9.53 Å². The van der Waals surface area contributed by atoms with E-state index in [-0.39, 0.29) is 47.3 Å². The monoisotopic (exact) mass is 476 g/mol. The molecule has 1 aromatic heterocycles. The van der Waals surface area contributed by atoms with E-state index in [1.807, 2.05) is 6.07 Å². The minimum absolute atomic E-state index is 0.115. The highest BCUT2D eigenvalue weighted by atomic mass is 19.1. The van der Waals surface area contributed by atoms with Gasteiger partial charge in [-0.3, -0.25) is 9.79 Å². The van der Waals surface area contributed by atoms with E-state index in [4.69, 9.17) is 9.26 Å². The normalized spacial score (nSPS) is 22.9. The number of aromatic nitrogens is 2. The molecule has 0 saturated carbocycles. The number of anilines is 2. The van der Waals surface area contributed by atoms with Gasteiger partial charge in [-0.25, -0.2) is 8.78 Å². The van der Waals surface area contributed by atoms with Gasteiger partial charge in [0.05, 0.1) is 30.4 Å². The molecule has 9 nitrogen and oxygen atoms in total. The summed E-state index contributed by atoms with van der Waals surface area (Å²) in [6.07, 6.45) is 2.87. The van der Waals surface area contributed by atoms with Crippen molar-refractivity contribution in [2.45, 2.75) is 31.0 Å². The van der Waals surface area contributed by atoms with Gasteiger partial charge in [-0.05, 0) is 49.2 Å². The van der Waals surface area contributed by atoms with E-state index < -0.39 is 17.9 Å². The largest absolute Gasteiger partial charge is 0.376 e. The van der Waals surface area contributed by atoms with E-state index in [0.29, 0.717) is 17.9 Å². The number of aliphatic imine (C=N–C) groups is 1. The van der Waals surface area contributed by atoms with Gasteiger partial charge in [0.25, 0.3) is 11.8 Å². The Balaban J connectivity index is 1.39. The van der Waals surface area contributed by atoms with E-state index >= 15 is 0 Å². The Kier molecular flexibility index (Phi) is 5.04. The Labute approximate surface area is 198 Å². The highest BCUT2D eigenvalue weighted by Gasteiger charge is 2.49. The lowest BCUT2D eigenvalue weighted by Gasteiger charge is -2.40. The number of nitrogens with zero attached hydrogens (tertiary/aromatic N) is 6. The summed E-state index contributed by atoms with van der Waals surface area (Å²) in [6, 6.07) is 8.58. The minimum Gasteiger partial charge on any atom is -0.376 e. The zero-order chi connectivity index (χ0) is 24.1. The van der Waals surface area contributed by atoms with Crippen LogP contribution in [0.3, 0.4) is 0 Å². The number of fused-ring (bicyclic) bond motifs is 3. The van der Waals surface area contributed by atoms with E-state index in [1.165, 1.54) is 47.6 Å². The van der Waals surface area contributed by atoms with Crippen molar-refractivity contribution < 1.29 is 22.8 Å². The first kappa shape index (κ1) is 21.4. The lowest BCUT2D eigenvalue weighted by molar-refractivity contribution is -0.120. The van der Waals surface area contributed by atoms with Crippen LogP contribution in [0.15, 0.2) is 45.9 Å². The number of hydrogen-bond donors (Lipinski definition) is 0. The number of halogens is 2. The van der Waals surface area contributed by atoms with Gasteiger partial charge < -0.3 is 19.1 Å². The molecule has 6 rings (SSSR count). The number of carbonyl (C=O) groups excluding carboxylic acids is 1. The molecule has 3 aliphatic heterocycles. The fraction of sp³-hybridized carbons (Fsp3) is 0.292. The maximum Gasteiger partial charge on any atom is 0.254 e. The molecule has 35 heavy (non-hydrogen) atoms. The van der Waals surface area contributed by atoms with Gasteiger partial charge >= 0.3 is 0 Å². The minimum atomic E-state index is -0.859. The van der Waals surface area contributed by atoms with Gasteiger partial charge in [-0.2, -0.15) is 10.2 Å². The number of carbonyl (C=O) groups is 1. The van der Waals surface area contributed by atoms with Crippen molar-refractivity contribution in [1.29, 1.82) is 5.26 Å². The van der Waals surface area contributed by atoms with Crippen LogP contribution in [0.4, 0.5) is 20.2 Å². The lowest BCUT2D eigenvalue weighted by atomic mass is 9.98. The molecular formula is C24H18F2N6O3. The molecule has 1 amide bonds. The summed E-state index contributed by atoms with van der Waals surface area (Å²) in [5, 5.41) is 13.6. The van der Waals surface area contributed by atoms with E-state index in [2.05, 4.69) is 15.1 Å². The SMILES string of the molecule is N#Cc1c(F)ccc2c1N(CC1CCCO1)C(=O)C1C(c3nc(-c4ccc(F)cc4)no3)N=CN21. The van der Waals surface area contributed by atoms with Crippen molar-refractivity contribution in [3.8, 4) is 17.5 Å². The third-order valence-electron chi connectivity index (χ3n) is 6.44. The third-order valence-corrected chi connectivity index (χ3v) is 6.44. The Morgan fingerprint density at radius 3 is 2.74 bits per heavy atom. The Morgan fingerprint density at radius 1 is 1.17 bits per heavy atom. The number of rotatable bonds is 4. The van der Waals surface area contributed by atoms with Crippen LogP contribution in [0.5, 0.6) is 0 Å². The molecular weight excluding hydrogens is 458 g/mol. The number of hydrogen-bond acceptors (Lipinski definition) is 8. The molecule has 11 heteroatoms. The summed E-state index contributed by atoms with van der Waals surface area (Å²) >= 11 is 0. The zero-order valence-electron chi connectivity index (χ0n) is 18.3. The number of benzene rings is 2. The molecule has 0 aliphatic carbocycles. The van der Waals surface area contributed by atoms with E-state index in [9.17, 15) is 18.8 Å². The van der Waals surface area contributed by atoms with Crippen molar-refractivity contribution in [3.63, 3.8) is 0 Å². The Hall–Kier alpha value is -4.17. The van der Waals surface area contributed by atoms with Gasteiger partial charge in [0.1, 0.15) is 29.3 Å². The fourth-order valence-electron chi connectivity index (χ4n) is 4.77. The predicted molar refractivity (Wildman–Crippen MR) is 120 cm³/mol. The van der Waals surface area contributed by atoms with Crippen molar-refractivity contribution in [1.82, 2.24) is 10.1 Å². The Bertz CT molecular complexity index is 1380. The average Bonchev–Trinajstić information content (AvgIpc) is 3.63. The maximum atomic E-state index is 14.6. The topological polar surface area (TPSA) is 108 Å². The molecule has 0 spiro atoms. The van der Waals surface area contributed by atoms with Crippen LogP contribution >= 0.6 is 0 Å². The summed E-state index contributed by atoms with van der Waals surface area (Å²) in [5.74, 6) is -1.12. The molecule has 1 fully saturated rings. The molecule has 0 bridgehead atoms. The molecule has 3 atom stereocenters. The maximum absolute atomic E-state index is 14.6. The smallest absolute Gasteiger partial charge is 0.254 e. The van der Waals surface area contributed by atoms with E-state index in [1.54, 1.807) is 4.90 Å². The summed E-state index contributed by atoms with van der Waals surface area (Å²) in [7, 11) is 0. The fourth-order valence-corrected chi connectivity index (χ4v) is 4.77. The van der Waals surface area contributed by atoms with Gasteiger partial charge in [0.2, 0.25) is 5.82 Å². The summed E-state index contributed by atoms with van der Waals surface area (Å²) in [5.41, 5.74) is 1.03. The summed E-state index contributed by atoms with van der Waals surface area (Å²) in [6.45, 7) is 0.773. The second-order valence-corrected chi connectivity index (χ2v) is 8.51. The quantitative estimate of drug-likeness (QED) is 0.568. The molecule has 3 unspecified atom stereocenters. The third kappa shape index (κ3) is 3.45. The average molecular weight is 476 g/mol. The second-order valence-electron chi connectivity index (χ2n) is 8.51. The van der Waals surface area contributed by atoms with Gasteiger partial charge in [-0.1, -0.05) is 5.16 Å². The molecule has 176 valence electrons. The molecule has 1 saturated heterocycles. The molecule has 4 heterocycles. The van der Waals surface area contributed by atoms with Crippen LogP contribution in [0.2, 0.25) is 0 Å². The van der Waals surface area contributed by atoms with E-state index in [0.717, 1.165) is 12.8 Å². The highest BCUT2D eigenvalue weighted by molar-refractivity contribution is 6.13. The lowest BCUT2D eigenvalue weighted by Crippen LogP contribution is -2.55. The standard InChI is InChI=1S/C24H18F2N6O3/c25-14-5-3-13(4-6-14)22-29-23(35-30-22)19-21-24(33)31(11-15-2-1-9-34-15)20-16(10-27)17(26)7-8-18(20)32(21)12-28-19/h3-8,12,15,19,21H,1-2,9,11H2. The van der Waals surface area contributed by atoms with Crippen LogP contribution in [-0.4, -0.2) is 47.7 Å². The molecule has 0 N–H and O–H groups in total. The van der Waals surface area contributed by atoms with Crippen LogP contribution in [0.1, 0.15) is 30.3 Å². The summed E-state index contributed by atoms with van der Waals surface area (Å²) in [4.78, 5) is 25.7. The molecule has 3 aromatic rings. The van der Waals surface area contributed by atoms with Crippen LogP contribution < -0.4 is 9.80 Å². The first-order valence-corrected chi connectivity index (χ1v) is 11.1. The van der Waals surface area contributed by atoms with Crippen LogP contribution in [0.25, 0.3) is 11.4 Å². The molecule has 2 aromatic carbocycles. The number of nitriles is 1. The molecule has 3 aliphatic rings. The van der Waals surface area contributed by atoms with Gasteiger partial charge in [0, 0.05) is 12.2 Å². The predicted octanol–water partition coefficient (Wildman–Crippen LogP) is 3.37. The van der Waals surface area contributed by atoms with Crippen LogP contribution in [0, 0.1) is 23.0 Å². The highest BCUT2D eigenvalue weighted by Crippen LogP contribution is 2.45. The van der Waals surface area contributed by atoms with Crippen molar-refractivity contribution in [3.05, 3.63) is 59.5 Å². The summed E-state index contributed by atoms with van der Waals surface area (Å²) < 4.78 is 39.0. The first-order chi connectivity index (χ1) is 17.0.